The molecule has 2 aliphatic rings. The molecule has 0 aromatic rings. The molecule has 1 unspecified atom stereocenters. The molecule has 0 aromatic carbocycles. The van der Waals surface area contributed by atoms with Gasteiger partial charge < -0.3 is 10.1 Å². The van der Waals surface area contributed by atoms with Crippen LogP contribution < -0.4 is 5.32 Å². The first kappa shape index (κ1) is 12.9. The molecule has 3 nitrogen and oxygen atoms in total. The molecule has 1 N–H and O–H groups in total. The third-order valence-electron chi connectivity index (χ3n) is 4.05. The lowest BCUT2D eigenvalue weighted by atomic mass is 9.78. The zero-order valence-corrected chi connectivity index (χ0v) is 11.1. The van der Waals surface area contributed by atoms with E-state index in [0.29, 0.717) is 5.92 Å². The Bertz CT molecular complexity index is 271. The van der Waals surface area contributed by atoms with Gasteiger partial charge in [0, 0.05) is 25.2 Å². The van der Waals surface area contributed by atoms with Crippen LogP contribution in [0.15, 0.2) is 0 Å². The van der Waals surface area contributed by atoms with Crippen LogP contribution in [0.5, 0.6) is 0 Å². The minimum Gasteiger partial charge on any atom is -0.381 e. The molecule has 17 heavy (non-hydrogen) atoms. The van der Waals surface area contributed by atoms with Crippen LogP contribution >= 0.6 is 0 Å². The van der Waals surface area contributed by atoms with Crippen molar-refractivity contribution in [3.8, 4) is 0 Å². The lowest BCUT2D eigenvalue weighted by molar-refractivity contribution is -0.120. The molecule has 1 amide bonds. The molecule has 2 heterocycles. The van der Waals surface area contributed by atoms with Gasteiger partial charge in [0.2, 0.25) is 5.91 Å². The van der Waals surface area contributed by atoms with Crippen LogP contribution in [0.25, 0.3) is 0 Å². The first-order valence-electron chi connectivity index (χ1n) is 6.98. The Morgan fingerprint density at radius 3 is 2.65 bits per heavy atom. The molecule has 2 fully saturated rings. The summed E-state index contributed by atoms with van der Waals surface area (Å²) in [5, 5.41) is 3.27. The van der Waals surface area contributed by atoms with Gasteiger partial charge in [-0.2, -0.15) is 0 Å². The van der Waals surface area contributed by atoms with Crippen LogP contribution in [0.2, 0.25) is 0 Å². The summed E-state index contributed by atoms with van der Waals surface area (Å²) in [6.45, 7) is 6.29. The number of carbonyl (C=O) groups excluding carboxylic acids is 1. The number of ether oxygens (including phenoxy) is 1. The summed E-state index contributed by atoms with van der Waals surface area (Å²) in [4.78, 5) is 11.5. The van der Waals surface area contributed by atoms with E-state index in [1.54, 1.807) is 0 Å². The Labute approximate surface area is 104 Å². The monoisotopic (exact) mass is 239 g/mol. The number of amides is 1. The van der Waals surface area contributed by atoms with Crippen LogP contribution in [-0.4, -0.2) is 24.7 Å². The summed E-state index contributed by atoms with van der Waals surface area (Å²) in [6.07, 6.45) is 6.35. The Kier molecular flexibility index (Phi) is 4.08. The smallest absolute Gasteiger partial charge is 0.220 e. The summed E-state index contributed by atoms with van der Waals surface area (Å²) >= 11 is 0. The molecule has 0 spiro atoms. The van der Waals surface area contributed by atoms with Gasteiger partial charge in [0.15, 0.2) is 0 Å². The summed E-state index contributed by atoms with van der Waals surface area (Å²) in [5.74, 6) is 1.63. The Morgan fingerprint density at radius 2 is 2.12 bits per heavy atom. The van der Waals surface area contributed by atoms with E-state index in [9.17, 15) is 4.79 Å². The van der Waals surface area contributed by atoms with Crippen molar-refractivity contribution >= 4 is 5.91 Å². The highest BCUT2D eigenvalue weighted by atomic mass is 16.5. The van der Waals surface area contributed by atoms with Gasteiger partial charge in [-0.15, -0.1) is 0 Å². The van der Waals surface area contributed by atoms with E-state index >= 15 is 0 Å². The lowest BCUT2D eigenvalue weighted by Crippen LogP contribution is -2.44. The zero-order chi connectivity index (χ0) is 12.3. The fourth-order valence-corrected chi connectivity index (χ4v) is 3.45. The predicted octanol–water partition coefficient (Wildman–Crippen LogP) is 2.50. The van der Waals surface area contributed by atoms with Crippen LogP contribution in [-0.2, 0) is 9.53 Å². The van der Waals surface area contributed by atoms with E-state index in [0.717, 1.165) is 57.7 Å². The van der Waals surface area contributed by atoms with Gasteiger partial charge >= 0.3 is 0 Å². The lowest BCUT2D eigenvalue weighted by Gasteiger charge is -2.36. The zero-order valence-electron chi connectivity index (χ0n) is 11.1. The number of rotatable bonds is 4. The highest BCUT2D eigenvalue weighted by molar-refractivity contribution is 5.79. The van der Waals surface area contributed by atoms with E-state index in [-0.39, 0.29) is 11.4 Å². The quantitative estimate of drug-likeness (QED) is 0.818. The molecule has 3 heteroatoms. The van der Waals surface area contributed by atoms with Gasteiger partial charge in [0.05, 0.1) is 0 Å². The first-order valence-corrected chi connectivity index (χ1v) is 6.98. The van der Waals surface area contributed by atoms with Crippen molar-refractivity contribution in [3.63, 3.8) is 0 Å². The van der Waals surface area contributed by atoms with Gasteiger partial charge in [-0.05, 0) is 43.9 Å². The second-order valence-corrected chi connectivity index (χ2v) is 6.19. The van der Waals surface area contributed by atoms with Crippen molar-refractivity contribution in [2.75, 3.05) is 13.2 Å². The Morgan fingerprint density at radius 1 is 1.41 bits per heavy atom. The van der Waals surface area contributed by atoms with Gasteiger partial charge in [-0.1, -0.05) is 13.8 Å². The molecule has 2 rings (SSSR count). The Balaban J connectivity index is 1.97. The molecule has 98 valence electrons. The van der Waals surface area contributed by atoms with Crippen molar-refractivity contribution in [1.29, 1.82) is 0 Å². The predicted molar refractivity (Wildman–Crippen MR) is 67.7 cm³/mol. The molecular formula is C14H25NO2. The van der Waals surface area contributed by atoms with Crippen molar-refractivity contribution in [1.82, 2.24) is 5.32 Å². The normalized spacial score (nSPS) is 30.9. The molecule has 0 bridgehead atoms. The van der Waals surface area contributed by atoms with Crippen molar-refractivity contribution in [2.24, 2.45) is 11.8 Å². The summed E-state index contributed by atoms with van der Waals surface area (Å²) in [7, 11) is 0. The molecule has 0 radical (unpaired) electrons. The van der Waals surface area contributed by atoms with Gasteiger partial charge in [0.1, 0.15) is 0 Å². The number of hydrogen-bond donors (Lipinski definition) is 1. The summed E-state index contributed by atoms with van der Waals surface area (Å²) < 4.78 is 5.41. The van der Waals surface area contributed by atoms with Crippen molar-refractivity contribution in [2.45, 2.75) is 57.9 Å². The SMILES string of the molecule is CC(C)CC1(CC2CCOCC2)CCC(=O)N1. The van der Waals surface area contributed by atoms with E-state index < -0.39 is 0 Å². The summed E-state index contributed by atoms with van der Waals surface area (Å²) in [6, 6.07) is 0. The molecule has 1 atom stereocenters. The maximum atomic E-state index is 11.5. The summed E-state index contributed by atoms with van der Waals surface area (Å²) in [5.41, 5.74) is 0.0905. The standard InChI is InChI=1S/C14H25NO2/c1-11(2)9-14(6-3-13(16)15-14)10-12-4-7-17-8-5-12/h11-12H,3-10H2,1-2H3,(H,15,16). The van der Waals surface area contributed by atoms with Crippen molar-refractivity contribution < 1.29 is 9.53 Å². The number of carbonyl (C=O) groups is 1. The van der Waals surface area contributed by atoms with Crippen LogP contribution in [0.1, 0.15) is 52.4 Å². The number of nitrogens with one attached hydrogen (secondary N) is 1. The van der Waals surface area contributed by atoms with Crippen LogP contribution in [0.4, 0.5) is 0 Å². The average molecular weight is 239 g/mol. The van der Waals surface area contributed by atoms with Gasteiger partial charge in [-0.25, -0.2) is 0 Å². The van der Waals surface area contributed by atoms with Gasteiger partial charge in [-0.3, -0.25) is 4.79 Å². The maximum Gasteiger partial charge on any atom is 0.220 e. The fraction of sp³-hybridized carbons (Fsp3) is 0.929. The third kappa shape index (κ3) is 3.44. The molecule has 0 aliphatic carbocycles. The molecule has 2 saturated heterocycles. The minimum atomic E-state index is 0.0905. The van der Waals surface area contributed by atoms with Crippen LogP contribution in [0.3, 0.4) is 0 Å². The van der Waals surface area contributed by atoms with E-state index in [1.807, 2.05) is 0 Å². The molecule has 0 aromatic heterocycles. The molecular weight excluding hydrogens is 214 g/mol. The third-order valence-corrected chi connectivity index (χ3v) is 4.05. The fourth-order valence-electron chi connectivity index (χ4n) is 3.45. The Hall–Kier alpha value is -0.570. The topological polar surface area (TPSA) is 38.3 Å². The largest absolute Gasteiger partial charge is 0.381 e. The number of hydrogen-bond acceptors (Lipinski definition) is 2. The van der Waals surface area contributed by atoms with E-state index in [1.165, 1.54) is 0 Å². The van der Waals surface area contributed by atoms with Crippen LogP contribution in [0, 0.1) is 11.8 Å². The minimum absolute atomic E-state index is 0.0905. The first-order chi connectivity index (χ1) is 8.10. The van der Waals surface area contributed by atoms with Crippen molar-refractivity contribution in [3.05, 3.63) is 0 Å². The molecule has 2 aliphatic heterocycles. The average Bonchev–Trinajstić information content (AvgIpc) is 2.60. The highest BCUT2D eigenvalue weighted by Crippen LogP contribution is 2.36. The second-order valence-electron chi connectivity index (χ2n) is 6.19. The second kappa shape index (κ2) is 5.38. The highest BCUT2D eigenvalue weighted by Gasteiger charge is 2.39. The van der Waals surface area contributed by atoms with E-state index in [4.69, 9.17) is 4.74 Å². The van der Waals surface area contributed by atoms with E-state index in [2.05, 4.69) is 19.2 Å². The molecule has 0 saturated carbocycles. The van der Waals surface area contributed by atoms with Gasteiger partial charge in [0.25, 0.3) is 0 Å². The maximum absolute atomic E-state index is 11.5.